The molecule has 0 saturated carbocycles. The van der Waals surface area contributed by atoms with E-state index in [4.69, 9.17) is 5.11 Å². The first kappa shape index (κ1) is 15.7. The third-order valence-corrected chi connectivity index (χ3v) is 2.70. The number of rotatable bonds is 6. The third-order valence-electron chi connectivity index (χ3n) is 2.70. The van der Waals surface area contributed by atoms with Crippen LogP contribution >= 0.6 is 0 Å². The van der Waals surface area contributed by atoms with Crippen LogP contribution in [0.15, 0.2) is 36.9 Å². The number of nitrogens with zero attached hydrogens (tertiary/aromatic N) is 1. The molecule has 1 aromatic carbocycles. The lowest BCUT2D eigenvalue weighted by Gasteiger charge is -2.24. The topological polar surface area (TPSA) is 69.6 Å². The fraction of sp³-hybridized carbons (Fsp3) is 0.286. The van der Waals surface area contributed by atoms with Crippen LogP contribution in [0.3, 0.4) is 0 Å². The van der Waals surface area contributed by atoms with Gasteiger partial charge in [-0.3, -0.25) is 4.90 Å². The van der Waals surface area contributed by atoms with Crippen LogP contribution in [0, 0.1) is 5.82 Å². The van der Waals surface area contributed by atoms with Crippen LogP contribution in [-0.4, -0.2) is 29.7 Å². The van der Waals surface area contributed by atoms with Gasteiger partial charge in [0.2, 0.25) is 0 Å². The van der Waals surface area contributed by atoms with Crippen LogP contribution in [0.1, 0.15) is 13.3 Å². The number of urea groups is 1. The molecule has 0 aliphatic carbocycles. The molecule has 2 amide bonds. The number of halogens is 1. The van der Waals surface area contributed by atoms with Gasteiger partial charge in [-0.05, 0) is 25.5 Å². The molecule has 0 aromatic heterocycles. The Balaban J connectivity index is 2.90. The molecule has 0 radical (unpaired) electrons. The highest BCUT2D eigenvalue weighted by atomic mass is 19.1. The van der Waals surface area contributed by atoms with Crippen molar-refractivity contribution >= 4 is 17.7 Å². The Hall–Kier alpha value is -2.37. The number of amides is 2. The van der Waals surface area contributed by atoms with E-state index < -0.39 is 23.9 Å². The van der Waals surface area contributed by atoms with Crippen molar-refractivity contribution in [1.82, 2.24) is 5.32 Å². The Kier molecular flexibility index (Phi) is 5.71. The summed E-state index contributed by atoms with van der Waals surface area (Å²) >= 11 is 0. The van der Waals surface area contributed by atoms with Gasteiger partial charge in [-0.25, -0.2) is 14.0 Å². The highest BCUT2D eigenvalue weighted by molar-refractivity contribution is 5.94. The molecule has 1 rings (SSSR count). The predicted octanol–water partition coefficient (Wildman–Crippen LogP) is 2.39. The summed E-state index contributed by atoms with van der Waals surface area (Å²) in [5.41, 5.74) is 0.107. The summed E-state index contributed by atoms with van der Waals surface area (Å²) in [6.07, 6.45) is 1.49. The molecule has 0 fully saturated rings. The SMILES string of the molecule is C=CCC(NC(=O)N(CC)c1ccccc1F)C(=O)O. The molecular formula is C14H17FN2O3. The number of carbonyl (C=O) groups excluding carboxylic acids is 1. The van der Waals surface area contributed by atoms with Gasteiger partial charge in [-0.1, -0.05) is 18.2 Å². The van der Waals surface area contributed by atoms with E-state index >= 15 is 0 Å². The highest BCUT2D eigenvalue weighted by Crippen LogP contribution is 2.18. The molecule has 6 heteroatoms. The van der Waals surface area contributed by atoms with E-state index in [9.17, 15) is 14.0 Å². The molecule has 0 bridgehead atoms. The Labute approximate surface area is 116 Å². The van der Waals surface area contributed by atoms with Crippen LogP contribution in [0.25, 0.3) is 0 Å². The maximum absolute atomic E-state index is 13.7. The lowest BCUT2D eigenvalue weighted by Crippen LogP contribution is -2.48. The molecule has 2 N–H and O–H groups in total. The molecule has 0 heterocycles. The van der Waals surface area contributed by atoms with Crippen molar-refractivity contribution < 1.29 is 19.1 Å². The van der Waals surface area contributed by atoms with Crippen molar-refractivity contribution in [3.05, 3.63) is 42.7 Å². The molecule has 0 aliphatic heterocycles. The molecule has 5 nitrogen and oxygen atoms in total. The second kappa shape index (κ2) is 7.28. The summed E-state index contributed by atoms with van der Waals surface area (Å²) in [6.45, 7) is 5.33. The first-order valence-corrected chi connectivity index (χ1v) is 6.17. The smallest absolute Gasteiger partial charge is 0.326 e. The van der Waals surface area contributed by atoms with Gasteiger partial charge in [0.25, 0.3) is 0 Å². The summed E-state index contributed by atoms with van der Waals surface area (Å²) in [6, 6.07) is 4.08. The minimum absolute atomic E-state index is 0.0932. The number of nitrogens with one attached hydrogen (secondary N) is 1. The van der Waals surface area contributed by atoms with Gasteiger partial charge in [-0.2, -0.15) is 0 Å². The van der Waals surface area contributed by atoms with E-state index in [2.05, 4.69) is 11.9 Å². The molecule has 0 aliphatic rings. The fourth-order valence-corrected chi connectivity index (χ4v) is 1.71. The van der Waals surface area contributed by atoms with Gasteiger partial charge in [0.05, 0.1) is 5.69 Å². The highest BCUT2D eigenvalue weighted by Gasteiger charge is 2.23. The van der Waals surface area contributed by atoms with Crippen molar-refractivity contribution in [1.29, 1.82) is 0 Å². The third kappa shape index (κ3) is 3.81. The molecular weight excluding hydrogens is 263 g/mol. The molecule has 20 heavy (non-hydrogen) atoms. The maximum Gasteiger partial charge on any atom is 0.326 e. The zero-order valence-electron chi connectivity index (χ0n) is 11.2. The first-order valence-electron chi connectivity index (χ1n) is 6.17. The normalized spacial score (nSPS) is 11.5. The summed E-state index contributed by atoms with van der Waals surface area (Å²) in [7, 11) is 0. The minimum atomic E-state index is -1.16. The quantitative estimate of drug-likeness (QED) is 0.786. The Morgan fingerprint density at radius 1 is 1.50 bits per heavy atom. The summed E-state index contributed by atoms with van der Waals surface area (Å²) < 4.78 is 13.7. The first-order chi connectivity index (χ1) is 9.51. The van der Waals surface area contributed by atoms with Crippen LogP contribution in [0.5, 0.6) is 0 Å². The minimum Gasteiger partial charge on any atom is -0.480 e. The Morgan fingerprint density at radius 2 is 2.15 bits per heavy atom. The number of carboxylic acid groups (broad SMARTS) is 1. The second-order valence-corrected chi connectivity index (χ2v) is 4.06. The number of anilines is 1. The summed E-state index contributed by atoms with van der Waals surface area (Å²) in [4.78, 5) is 24.2. The van der Waals surface area contributed by atoms with Crippen molar-refractivity contribution in [3.63, 3.8) is 0 Å². The number of carboxylic acids is 1. The summed E-state index contributed by atoms with van der Waals surface area (Å²) in [5.74, 6) is -1.71. The predicted molar refractivity (Wildman–Crippen MR) is 74.2 cm³/mol. The number of hydrogen-bond donors (Lipinski definition) is 2. The molecule has 1 unspecified atom stereocenters. The molecule has 1 atom stereocenters. The van der Waals surface area contributed by atoms with Crippen LogP contribution in [0.2, 0.25) is 0 Å². The summed E-state index contributed by atoms with van der Waals surface area (Å²) in [5, 5.41) is 11.3. The number of para-hydroxylation sites is 1. The zero-order valence-corrected chi connectivity index (χ0v) is 11.2. The van der Waals surface area contributed by atoms with Crippen LogP contribution < -0.4 is 10.2 Å². The van der Waals surface area contributed by atoms with Gasteiger partial charge in [0, 0.05) is 6.54 Å². The molecule has 0 spiro atoms. The molecule has 108 valence electrons. The van der Waals surface area contributed by atoms with E-state index in [0.29, 0.717) is 0 Å². The molecule has 0 saturated heterocycles. The van der Waals surface area contributed by atoms with E-state index in [1.807, 2.05) is 0 Å². The van der Waals surface area contributed by atoms with Gasteiger partial charge >= 0.3 is 12.0 Å². The van der Waals surface area contributed by atoms with Crippen LogP contribution in [0.4, 0.5) is 14.9 Å². The second-order valence-electron chi connectivity index (χ2n) is 4.06. The van der Waals surface area contributed by atoms with Gasteiger partial charge in [0.1, 0.15) is 11.9 Å². The van der Waals surface area contributed by atoms with Gasteiger partial charge in [-0.15, -0.1) is 6.58 Å². The van der Waals surface area contributed by atoms with E-state index in [0.717, 1.165) is 4.90 Å². The largest absolute Gasteiger partial charge is 0.480 e. The standard InChI is InChI=1S/C14H17FN2O3/c1-3-7-11(13(18)19)16-14(20)17(4-2)12-9-6-5-8-10(12)15/h3,5-6,8-9,11H,1,4,7H2,2H3,(H,16,20)(H,18,19). The zero-order chi connectivity index (χ0) is 15.1. The Bertz CT molecular complexity index is 505. The molecule has 1 aromatic rings. The average Bonchev–Trinajstić information content (AvgIpc) is 2.41. The van der Waals surface area contributed by atoms with Crippen LogP contribution in [-0.2, 0) is 4.79 Å². The Morgan fingerprint density at radius 3 is 2.65 bits per heavy atom. The van der Waals surface area contributed by atoms with Gasteiger partial charge in [0.15, 0.2) is 0 Å². The lowest BCUT2D eigenvalue weighted by atomic mass is 10.2. The van der Waals surface area contributed by atoms with Crippen molar-refractivity contribution in [3.8, 4) is 0 Å². The van der Waals surface area contributed by atoms with Crippen molar-refractivity contribution in [2.45, 2.75) is 19.4 Å². The van der Waals surface area contributed by atoms with Crippen molar-refractivity contribution in [2.24, 2.45) is 0 Å². The van der Waals surface area contributed by atoms with Crippen molar-refractivity contribution in [2.75, 3.05) is 11.4 Å². The average molecular weight is 280 g/mol. The van der Waals surface area contributed by atoms with E-state index in [1.54, 1.807) is 13.0 Å². The number of aliphatic carboxylic acids is 1. The number of benzene rings is 1. The number of hydrogen-bond acceptors (Lipinski definition) is 2. The van der Waals surface area contributed by atoms with Gasteiger partial charge < -0.3 is 10.4 Å². The lowest BCUT2D eigenvalue weighted by molar-refractivity contribution is -0.139. The van der Waals surface area contributed by atoms with E-state index in [1.165, 1.54) is 24.3 Å². The monoisotopic (exact) mass is 280 g/mol. The number of carbonyl (C=O) groups is 2. The van der Waals surface area contributed by atoms with E-state index in [-0.39, 0.29) is 18.7 Å². The fourth-order valence-electron chi connectivity index (χ4n) is 1.71. The maximum atomic E-state index is 13.7.